The van der Waals surface area contributed by atoms with Gasteiger partial charge in [0.2, 0.25) is 5.95 Å². The molecule has 100 valence electrons. The van der Waals surface area contributed by atoms with Gasteiger partial charge in [-0.25, -0.2) is 14.8 Å². The number of nitriles is 1. The molecular weight excluding hydrogens is 244 g/mol. The van der Waals surface area contributed by atoms with Crippen LogP contribution in [0.5, 0.6) is 0 Å². The summed E-state index contributed by atoms with van der Waals surface area (Å²) in [6.07, 6.45) is 1.48. The first-order chi connectivity index (χ1) is 9.01. The van der Waals surface area contributed by atoms with E-state index in [0.29, 0.717) is 30.5 Å². The Morgan fingerprint density at radius 3 is 2.95 bits per heavy atom. The monoisotopic (exact) mass is 260 g/mol. The molecule has 19 heavy (non-hydrogen) atoms. The summed E-state index contributed by atoms with van der Waals surface area (Å²) in [5.41, 5.74) is 0.939. The predicted molar refractivity (Wildman–Crippen MR) is 68.7 cm³/mol. The third-order valence-corrected chi connectivity index (χ3v) is 3.36. The molecule has 0 spiro atoms. The largest absolute Gasteiger partial charge is 0.480 e. The molecule has 1 aromatic heterocycles. The van der Waals surface area contributed by atoms with Crippen LogP contribution in [0.25, 0.3) is 0 Å². The maximum atomic E-state index is 11.4. The summed E-state index contributed by atoms with van der Waals surface area (Å²) in [5.74, 6) is -0.149. The van der Waals surface area contributed by atoms with E-state index in [1.54, 1.807) is 17.9 Å². The Kier molecular flexibility index (Phi) is 3.65. The first-order valence-corrected chi connectivity index (χ1v) is 6.26. The van der Waals surface area contributed by atoms with Crippen LogP contribution in [0.4, 0.5) is 5.95 Å². The molecule has 1 saturated heterocycles. The Hall–Kier alpha value is -2.16. The van der Waals surface area contributed by atoms with Crippen LogP contribution in [0.3, 0.4) is 0 Å². The first-order valence-electron chi connectivity index (χ1n) is 6.26. The third kappa shape index (κ3) is 2.81. The highest BCUT2D eigenvalue weighted by Crippen LogP contribution is 2.26. The summed E-state index contributed by atoms with van der Waals surface area (Å²) in [4.78, 5) is 21.4. The van der Waals surface area contributed by atoms with Crippen molar-refractivity contribution >= 4 is 11.9 Å². The molecule has 0 saturated carbocycles. The van der Waals surface area contributed by atoms with Gasteiger partial charge in [0, 0.05) is 12.2 Å². The number of carbonyl (C=O) groups is 1. The van der Waals surface area contributed by atoms with Gasteiger partial charge in [0.25, 0.3) is 0 Å². The van der Waals surface area contributed by atoms with E-state index in [0.717, 1.165) is 6.42 Å². The van der Waals surface area contributed by atoms with E-state index in [1.807, 2.05) is 13.0 Å². The van der Waals surface area contributed by atoms with Crippen LogP contribution >= 0.6 is 0 Å². The lowest BCUT2D eigenvalue weighted by Gasteiger charge is -2.36. The second-order valence-corrected chi connectivity index (χ2v) is 4.98. The number of aliphatic carboxylic acids is 1. The van der Waals surface area contributed by atoms with Crippen molar-refractivity contribution in [2.75, 3.05) is 11.4 Å². The molecule has 6 nitrogen and oxygen atoms in total. The molecule has 6 heteroatoms. The molecule has 1 N–H and O–H groups in total. The van der Waals surface area contributed by atoms with E-state index >= 15 is 0 Å². The number of carboxylic acids is 1. The molecule has 0 aromatic carbocycles. The Bertz CT molecular complexity index is 538. The minimum absolute atomic E-state index is 0.269. The summed E-state index contributed by atoms with van der Waals surface area (Å²) in [7, 11) is 0. The predicted octanol–water partition coefficient (Wildman–Crippen LogP) is 1.35. The highest BCUT2D eigenvalue weighted by atomic mass is 16.4. The maximum Gasteiger partial charge on any atom is 0.326 e. The second kappa shape index (κ2) is 5.22. The van der Waals surface area contributed by atoms with E-state index < -0.39 is 12.0 Å². The van der Waals surface area contributed by atoms with Gasteiger partial charge in [0.1, 0.15) is 17.8 Å². The van der Waals surface area contributed by atoms with Crippen LogP contribution in [0.15, 0.2) is 6.07 Å². The molecule has 0 radical (unpaired) electrons. The molecule has 0 amide bonds. The van der Waals surface area contributed by atoms with Gasteiger partial charge in [0.15, 0.2) is 0 Å². The number of piperidine rings is 1. The zero-order valence-corrected chi connectivity index (χ0v) is 11.0. The van der Waals surface area contributed by atoms with E-state index in [4.69, 9.17) is 5.26 Å². The molecule has 2 rings (SSSR count). The summed E-state index contributed by atoms with van der Waals surface area (Å²) in [6, 6.07) is 2.95. The van der Waals surface area contributed by atoms with E-state index in [2.05, 4.69) is 9.97 Å². The topological polar surface area (TPSA) is 90.1 Å². The van der Waals surface area contributed by atoms with Crippen molar-refractivity contribution in [2.24, 2.45) is 5.92 Å². The highest BCUT2D eigenvalue weighted by Gasteiger charge is 2.33. The van der Waals surface area contributed by atoms with Gasteiger partial charge in [-0.15, -0.1) is 0 Å². The number of rotatable bonds is 2. The van der Waals surface area contributed by atoms with Gasteiger partial charge in [-0.1, -0.05) is 6.92 Å². The minimum atomic E-state index is -0.866. The lowest BCUT2D eigenvalue weighted by Crippen LogP contribution is -2.47. The lowest BCUT2D eigenvalue weighted by atomic mass is 9.93. The third-order valence-electron chi connectivity index (χ3n) is 3.36. The fraction of sp³-hybridized carbons (Fsp3) is 0.538. The van der Waals surface area contributed by atoms with Gasteiger partial charge in [-0.2, -0.15) is 5.26 Å². The number of aryl methyl sites for hydroxylation is 1. The van der Waals surface area contributed by atoms with Crippen molar-refractivity contribution in [1.29, 1.82) is 5.26 Å². The lowest BCUT2D eigenvalue weighted by molar-refractivity contribution is -0.139. The van der Waals surface area contributed by atoms with Gasteiger partial charge in [0.05, 0.1) is 0 Å². The molecular formula is C13H16N4O2. The van der Waals surface area contributed by atoms with Crippen molar-refractivity contribution < 1.29 is 9.90 Å². The van der Waals surface area contributed by atoms with Crippen LogP contribution in [0.2, 0.25) is 0 Å². The van der Waals surface area contributed by atoms with Gasteiger partial charge in [-0.3, -0.25) is 0 Å². The smallest absolute Gasteiger partial charge is 0.326 e. The normalized spacial score (nSPS) is 22.9. The molecule has 2 atom stereocenters. The molecule has 0 bridgehead atoms. The number of aromatic nitrogens is 2. The molecule has 0 aliphatic carbocycles. The van der Waals surface area contributed by atoms with Crippen molar-refractivity contribution in [3.63, 3.8) is 0 Å². The quantitative estimate of drug-likeness (QED) is 0.863. The average molecular weight is 260 g/mol. The maximum absolute atomic E-state index is 11.4. The number of anilines is 1. The highest BCUT2D eigenvalue weighted by molar-refractivity contribution is 5.77. The first kappa shape index (κ1) is 13.3. The Morgan fingerprint density at radius 2 is 2.32 bits per heavy atom. The van der Waals surface area contributed by atoms with Gasteiger partial charge in [-0.05, 0) is 31.7 Å². The van der Waals surface area contributed by atoms with E-state index in [-0.39, 0.29) is 5.69 Å². The fourth-order valence-electron chi connectivity index (χ4n) is 2.35. The Labute approximate surface area is 111 Å². The van der Waals surface area contributed by atoms with Crippen LogP contribution in [-0.4, -0.2) is 33.6 Å². The summed E-state index contributed by atoms with van der Waals surface area (Å²) < 4.78 is 0. The molecule has 1 aliphatic heterocycles. The summed E-state index contributed by atoms with van der Waals surface area (Å²) in [6.45, 7) is 4.42. The summed E-state index contributed by atoms with van der Waals surface area (Å²) >= 11 is 0. The number of carboxylic acid groups (broad SMARTS) is 1. The zero-order valence-electron chi connectivity index (χ0n) is 11.0. The van der Waals surface area contributed by atoms with Gasteiger partial charge < -0.3 is 10.0 Å². The minimum Gasteiger partial charge on any atom is -0.480 e. The molecule has 2 heterocycles. The summed E-state index contributed by atoms with van der Waals surface area (Å²) in [5, 5.41) is 18.2. The molecule has 1 aromatic rings. The van der Waals surface area contributed by atoms with Crippen LogP contribution in [0.1, 0.15) is 31.2 Å². The van der Waals surface area contributed by atoms with Crippen molar-refractivity contribution in [3.05, 3.63) is 17.5 Å². The van der Waals surface area contributed by atoms with E-state index in [1.165, 1.54) is 0 Å². The van der Waals surface area contributed by atoms with Crippen molar-refractivity contribution in [3.8, 4) is 6.07 Å². The van der Waals surface area contributed by atoms with Crippen molar-refractivity contribution in [2.45, 2.75) is 32.7 Å². The Balaban J connectivity index is 2.36. The fourth-order valence-corrected chi connectivity index (χ4v) is 2.35. The SMILES string of the molecule is Cc1cc(C#N)nc(N2CCC(C)CC2C(=O)O)n1. The molecule has 1 fully saturated rings. The van der Waals surface area contributed by atoms with Crippen LogP contribution in [0, 0.1) is 24.2 Å². The van der Waals surface area contributed by atoms with Gasteiger partial charge >= 0.3 is 5.97 Å². The van der Waals surface area contributed by atoms with Crippen LogP contribution in [-0.2, 0) is 4.79 Å². The van der Waals surface area contributed by atoms with Crippen LogP contribution < -0.4 is 4.90 Å². The standard InChI is InChI=1S/C13H16N4O2/c1-8-3-4-17(11(5-8)12(18)19)13-15-9(2)6-10(7-14)16-13/h6,8,11H,3-5H2,1-2H3,(H,18,19). The number of hydrogen-bond donors (Lipinski definition) is 1. The zero-order chi connectivity index (χ0) is 14.0. The van der Waals surface area contributed by atoms with Crippen molar-refractivity contribution in [1.82, 2.24) is 9.97 Å². The molecule has 2 unspecified atom stereocenters. The number of nitrogens with zero attached hydrogens (tertiary/aromatic N) is 4. The average Bonchev–Trinajstić information content (AvgIpc) is 2.37. The van der Waals surface area contributed by atoms with E-state index in [9.17, 15) is 9.90 Å². The number of hydrogen-bond acceptors (Lipinski definition) is 5. The Morgan fingerprint density at radius 1 is 1.58 bits per heavy atom. The molecule has 1 aliphatic rings. The second-order valence-electron chi connectivity index (χ2n) is 4.98.